The van der Waals surface area contributed by atoms with Crippen LogP contribution in [0.2, 0.25) is 0 Å². The van der Waals surface area contributed by atoms with Gasteiger partial charge in [-0.25, -0.2) is 8.78 Å². The van der Waals surface area contributed by atoms with Crippen molar-refractivity contribution in [3.05, 3.63) is 64.7 Å². The fourth-order valence-electron chi connectivity index (χ4n) is 1.85. The summed E-state index contributed by atoms with van der Waals surface area (Å²) in [6.07, 6.45) is 0. The van der Waals surface area contributed by atoms with Crippen LogP contribution in [-0.4, -0.2) is 0 Å². The second-order valence-electron chi connectivity index (χ2n) is 4.34. The molecule has 0 heterocycles. The Morgan fingerprint density at radius 3 is 2.56 bits per heavy atom. The van der Waals surface area contributed by atoms with E-state index >= 15 is 0 Å². The first-order chi connectivity index (χ1) is 8.58. The normalized spacial score (nSPS) is 10.4. The maximum atomic E-state index is 13.3. The fraction of sp³-hybridized carbons (Fsp3) is 0.200. The van der Waals surface area contributed by atoms with Crippen LogP contribution in [0.1, 0.15) is 16.7 Å². The smallest absolute Gasteiger partial charge is 0.128 e. The summed E-state index contributed by atoms with van der Waals surface area (Å²) in [6.45, 7) is 4.14. The standard InChI is InChI=1S/C15H15F2N/c1-10-8-13(16)7-6-12(10)9-18-15-5-3-4-14(17)11(15)2/h3-8,18H,9H2,1-2H3. The summed E-state index contributed by atoms with van der Waals surface area (Å²) in [7, 11) is 0. The highest BCUT2D eigenvalue weighted by atomic mass is 19.1. The molecule has 18 heavy (non-hydrogen) atoms. The molecule has 0 saturated carbocycles. The Morgan fingerprint density at radius 2 is 1.83 bits per heavy atom. The predicted octanol–water partition coefficient (Wildman–Crippen LogP) is 4.19. The van der Waals surface area contributed by atoms with Crippen molar-refractivity contribution in [1.29, 1.82) is 0 Å². The zero-order valence-electron chi connectivity index (χ0n) is 10.4. The molecule has 1 nitrogen and oxygen atoms in total. The van der Waals surface area contributed by atoms with Gasteiger partial charge in [-0.1, -0.05) is 12.1 Å². The molecule has 0 spiro atoms. The van der Waals surface area contributed by atoms with E-state index in [2.05, 4.69) is 5.32 Å². The molecule has 2 rings (SSSR count). The molecular weight excluding hydrogens is 232 g/mol. The van der Waals surface area contributed by atoms with E-state index in [4.69, 9.17) is 0 Å². The minimum Gasteiger partial charge on any atom is -0.381 e. The van der Waals surface area contributed by atoms with Gasteiger partial charge in [0.05, 0.1) is 0 Å². The van der Waals surface area contributed by atoms with Crippen LogP contribution in [0.4, 0.5) is 14.5 Å². The predicted molar refractivity (Wildman–Crippen MR) is 69.6 cm³/mol. The second-order valence-corrected chi connectivity index (χ2v) is 4.34. The summed E-state index contributed by atoms with van der Waals surface area (Å²) < 4.78 is 26.3. The summed E-state index contributed by atoms with van der Waals surface area (Å²) in [5.74, 6) is -0.464. The van der Waals surface area contributed by atoms with Crippen LogP contribution < -0.4 is 5.32 Å². The summed E-state index contributed by atoms with van der Waals surface area (Å²) >= 11 is 0. The van der Waals surface area contributed by atoms with Crippen molar-refractivity contribution in [2.24, 2.45) is 0 Å². The molecule has 0 atom stereocenters. The van der Waals surface area contributed by atoms with E-state index < -0.39 is 0 Å². The van der Waals surface area contributed by atoms with E-state index in [1.54, 1.807) is 19.1 Å². The molecule has 0 saturated heterocycles. The van der Waals surface area contributed by atoms with E-state index in [0.29, 0.717) is 12.1 Å². The van der Waals surface area contributed by atoms with Crippen LogP contribution in [0.3, 0.4) is 0 Å². The van der Waals surface area contributed by atoms with Crippen molar-refractivity contribution in [3.8, 4) is 0 Å². The van der Waals surface area contributed by atoms with Crippen LogP contribution in [-0.2, 0) is 6.54 Å². The first kappa shape index (κ1) is 12.6. The minimum absolute atomic E-state index is 0.226. The molecule has 0 aliphatic heterocycles. The fourth-order valence-corrected chi connectivity index (χ4v) is 1.85. The Balaban J connectivity index is 2.14. The van der Waals surface area contributed by atoms with Gasteiger partial charge in [0.25, 0.3) is 0 Å². The lowest BCUT2D eigenvalue weighted by Crippen LogP contribution is -2.03. The van der Waals surface area contributed by atoms with E-state index in [1.807, 2.05) is 13.0 Å². The number of anilines is 1. The number of aryl methyl sites for hydroxylation is 1. The molecule has 94 valence electrons. The third-order valence-corrected chi connectivity index (χ3v) is 3.04. The number of halogens is 2. The topological polar surface area (TPSA) is 12.0 Å². The van der Waals surface area contributed by atoms with Crippen LogP contribution >= 0.6 is 0 Å². The SMILES string of the molecule is Cc1cc(F)ccc1CNc1cccc(F)c1C. The summed E-state index contributed by atoms with van der Waals surface area (Å²) in [5, 5.41) is 3.17. The van der Waals surface area contributed by atoms with Crippen molar-refractivity contribution < 1.29 is 8.78 Å². The molecule has 0 bridgehead atoms. The molecule has 1 N–H and O–H groups in total. The highest BCUT2D eigenvalue weighted by Crippen LogP contribution is 2.19. The first-order valence-corrected chi connectivity index (χ1v) is 5.82. The van der Waals surface area contributed by atoms with E-state index in [0.717, 1.165) is 16.8 Å². The lowest BCUT2D eigenvalue weighted by atomic mass is 10.1. The van der Waals surface area contributed by atoms with E-state index in [1.165, 1.54) is 18.2 Å². The molecule has 0 fully saturated rings. The molecule has 0 aliphatic carbocycles. The van der Waals surface area contributed by atoms with Gasteiger partial charge in [0.15, 0.2) is 0 Å². The molecule has 2 aromatic carbocycles. The molecule has 0 radical (unpaired) electrons. The van der Waals surface area contributed by atoms with Gasteiger partial charge >= 0.3 is 0 Å². The van der Waals surface area contributed by atoms with Gasteiger partial charge in [0.1, 0.15) is 11.6 Å². The van der Waals surface area contributed by atoms with Gasteiger partial charge < -0.3 is 5.32 Å². The molecule has 0 aromatic heterocycles. The highest BCUT2D eigenvalue weighted by Gasteiger charge is 2.04. The number of hydrogen-bond acceptors (Lipinski definition) is 1. The molecule has 2 aromatic rings. The zero-order chi connectivity index (χ0) is 13.1. The number of hydrogen-bond donors (Lipinski definition) is 1. The molecule has 0 amide bonds. The maximum absolute atomic E-state index is 13.3. The average Bonchev–Trinajstić information content (AvgIpc) is 2.33. The van der Waals surface area contributed by atoms with Gasteiger partial charge in [0, 0.05) is 17.8 Å². The first-order valence-electron chi connectivity index (χ1n) is 5.82. The monoisotopic (exact) mass is 247 g/mol. The van der Waals surface area contributed by atoms with Gasteiger partial charge in [-0.05, 0) is 49.2 Å². The summed E-state index contributed by atoms with van der Waals surface area (Å²) in [6, 6.07) is 9.60. The molecular formula is C15H15F2N. The summed E-state index contributed by atoms with van der Waals surface area (Å²) in [4.78, 5) is 0. The van der Waals surface area contributed by atoms with Gasteiger partial charge in [-0.3, -0.25) is 0 Å². The van der Waals surface area contributed by atoms with Crippen LogP contribution in [0.15, 0.2) is 36.4 Å². The third kappa shape index (κ3) is 2.67. The van der Waals surface area contributed by atoms with Crippen LogP contribution in [0, 0.1) is 25.5 Å². The molecule has 0 unspecified atom stereocenters. The number of nitrogens with one attached hydrogen (secondary N) is 1. The van der Waals surface area contributed by atoms with Gasteiger partial charge in [-0.15, -0.1) is 0 Å². The summed E-state index contributed by atoms with van der Waals surface area (Å²) in [5.41, 5.74) is 3.24. The lowest BCUT2D eigenvalue weighted by molar-refractivity contribution is 0.619. The van der Waals surface area contributed by atoms with Crippen molar-refractivity contribution >= 4 is 5.69 Å². The van der Waals surface area contributed by atoms with Crippen LogP contribution in [0.25, 0.3) is 0 Å². The minimum atomic E-state index is -0.238. The average molecular weight is 247 g/mol. The van der Waals surface area contributed by atoms with E-state index in [-0.39, 0.29) is 11.6 Å². The quantitative estimate of drug-likeness (QED) is 0.857. The zero-order valence-corrected chi connectivity index (χ0v) is 10.4. The Kier molecular flexibility index (Phi) is 3.60. The van der Waals surface area contributed by atoms with E-state index in [9.17, 15) is 8.78 Å². The largest absolute Gasteiger partial charge is 0.381 e. The lowest BCUT2D eigenvalue weighted by Gasteiger charge is -2.11. The Hall–Kier alpha value is -1.90. The van der Waals surface area contributed by atoms with Gasteiger partial charge in [-0.2, -0.15) is 0 Å². The van der Waals surface area contributed by atoms with Crippen molar-refractivity contribution in [3.63, 3.8) is 0 Å². The number of benzene rings is 2. The number of rotatable bonds is 3. The third-order valence-electron chi connectivity index (χ3n) is 3.04. The Labute approximate surface area is 105 Å². The Morgan fingerprint density at radius 1 is 1.06 bits per heavy atom. The Bertz CT molecular complexity index is 564. The highest BCUT2D eigenvalue weighted by molar-refractivity contribution is 5.51. The second kappa shape index (κ2) is 5.17. The molecule has 0 aliphatic rings. The maximum Gasteiger partial charge on any atom is 0.128 e. The molecule has 3 heteroatoms. The van der Waals surface area contributed by atoms with Crippen molar-refractivity contribution in [2.45, 2.75) is 20.4 Å². The van der Waals surface area contributed by atoms with Crippen molar-refractivity contribution in [2.75, 3.05) is 5.32 Å². The van der Waals surface area contributed by atoms with Gasteiger partial charge in [0.2, 0.25) is 0 Å². The van der Waals surface area contributed by atoms with Crippen molar-refractivity contribution in [1.82, 2.24) is 0 Å². The van der Waals surface area contributed by atoms with Crippen LogP contribution in [0.5, 0.6) is 0 Å².